The van der Waals surface area contributed by atoms with Crippen LogP contribution in [0.15, 0.2) is 78.9 Å². The van der Waals surface area contributed by atoms with Crippen molar-refractivity contribution in [1.29, 1.82) is 0 Å². The number of hydrogen-bond donors (Lipinski definition) is 0. The van der Waals surface area contributed by atoms with Gasteiger partial charge in [0.05, 0.1) is 0 Å². The maximum atomic E-state index is 5.86. The van der Waals surface area contributed by atoms with Gasteiger partial charge in [-0.3, -0.25) is 0 Å². The zero-order chi connectivity index (χ0) is 14.5. The Bertz CT molecular complexity index is 718. The summed E-state index contributed by atoms with van der Waals surface area (Å²) in [5.74, 6) is 3.03. The molecule has 3 aromatic carbocycles. The molecule has 0 aliphatic carbocycles. The van der Waals surface area contributed by atoms with Gasteiger partial charge in [0.25, 0.3) is 0 Å². The Morgan fingerprint density at radius 3 is 1.73 bits per heavy atom. The molecule has 0 N–H and O–H groups in total. The molecular formula is C18H14LiO2P. The summed E-state index contributed by atoms with van der Waals surface area (Å²) in [5, 5.41) is 0.874. The predicted octanol–water partition coefficient (Wildman–Crippen LogP) is 2.04. The minimum Gasteiger partial charge on any atom is -0.521 e. The smallest absolute Gasteiger partial charge is 0.521 e. The van der Waals surface area contributed by atoms with Crippen LogP contribution in [0.4, 0.5) is 0 Å². The van der Waals surface area contributed by atoms with Crippen molar-refractivity contribution in [3.63, 3.8) is 0 Å². The van der Waals surface area contributed by atoms with E-state index in [0.29, 0.717) is 5.75 Å². The quantitative estimate of drug-likeness (QED) is 0.542. The molecule has 0 aliphatic heterocycles. The van der Waals surface area contributed by atoms with Crippen molar-refractivity contribution < 1.29 is 28.3 Å². The van der Waals surface area contributed by atoms with Crippen molar-refractivity contribution >= 4 is 14.5 Å². The Morgan fingerprint density at radius 1 is 0.591 bits per heavy atom. The second-order valence-corrected chi connectivity index (χ2v) is 5.03. The van der Waals surface area contributed by atoms with E-state index in [1.165, 1.54) is 0 Å². The van der Waals surface area contributed by atoms with Gasteiger partial charge in [-0.2, -0.15) is 5.30 Å². The molecule has 0 radical (unpaired) electrons. The summed E-state index contributed by atoms with van der Waals surface area (Å²) < 4.78 is 11.7. The Labute approximate surface area is 144 Å². The first-order valence-electron chi connectivity index (χ1n) is 6.63. The summed E-state index contributed by atoms with van der Waals surface area (Å²) in [6.45, 7) is 0. The molecular weight excluding hydrogens is 286 g/mol. The largest absolute Gasteiger partial charge is 1.00 e. The van der Waals surface area contributed by atoms with Crippen LogP contribution in [-0.2, 0) is 0 Å². The summed E-state index contributed by atoms with van der Waals surface area (Å²) in [4.78, 5) is 0. The molecule has 0 saturated heterocycles. The van der Waals surface area contributed by atoms with Crippen molar-refractivity contribution in [3.8, 4) is 23.0 Å². The van der Waals surface area contributed by atoms with Crippen LogP contribution in [0.1, 0.15) is 0 Å². The first-order chi connectivity index (χ1) is 10.3. The minimum atomic E-state index is 0. The van der Waals surface area contributed by atoms with Crippen molar-refractivity contribution in [1.82, 2.24) is 0 Å². The molecule has 0 heterocycles. The average Bonchev–Trinajstić information content (AvgIpc) is 2.53. The molecule has 0 amide bonds. The SMILES string of the molecule is [Li+].[PH-]c1ccc(Oc2ccccc2)cc1Oc1ccccc1. The van der Waals surface area contributed by atoms with E-state index in [1.54, 1.807) is 0 Å². The van der Waals surface area contributed by atoms with E-state index in [1.807, 2.05) is 78.9 Å². The molecule has 0 saturated carbocycles. The molecule has 104 valence electrons. The first kappa shape index (κ1) is 16.7. The zero-order valence-corrected chi connectivity index (χ0v) is 13.3. The van der Waals surface area contributed by atoms with Crippen LogP contribution in [0.2, 0.25) is 0 Å². The van der Waals surface area contributed by atoms with Gasteiger partial charge in [-0.15, -0.1) is 0 Å². The summed E-state index contributed by atoms with van der Waals surface area (Å²) in [6.07, 6.45) is 0. The summed E-state index contributed by atoms with van der Waals surface area (Å²) >= 11 is 0. The second kappa shape index (κ2) is 8.06. The van der Waals surface area contributed by atoms with Crippen LogP contribution in [0.25, 0.3) is 0 Å². The molecule has 0 aliphatic rings. The maximum Gasteiger partial charge on any atom is 1.00 e. The Morgan fingerprint density at radius 2 is 1.14 bits per heavy atom. The number of hydrogen-bond acceptors (Lipinski definition) is 2. The van der Waals surface area contributed by atoms with Gasteiger partial charge in [0.1, 0.15) is 23.0 Å². The molecule has 3 aromatic rings. The summed E-state index contributed by atoms with van der Waals surface area (Å²) in [6, 6.07) is 25.0. The van der Waals surface area contributed by atoms with E-state index >= 15 is 0 Å². The molecule has 4 heteroatoms. The fraction of sp³-hybridized carbons (Fsp3) is 0. The summed E-state index contributed by atoms with van der Waals surface area (Å²) in [5.41, 5.74) is 0. The van der Waals surface area contributed by atoms with Gasteiger partial charge < -0.3 is 18.7 Å². The van der Waals surface area contributed by atoms with Crippen LogP contribution in [0.5, 0.6) is 23.0 Å². The van der Waals surface area contributed by atoms with Gasteiger partial charge in [-0.25, -0.2) is 0 Å². The topological polar surface area (TPSA) is 18.5 Å². The molecule has 0 fully saturated rings. The number of rotatable bonds is 4. The van der Waals surface area contributed by atoms with Crippen molar-refractivity contribution in [2.45, 2.75) is 0 Å². The number of para-hydroxylation sites is 2. The monoisotopic (exact) mass is 300 g/mol. The molecule has 0 unspecified atom stereocenters. The normalized spacial score (nSPS) is 9.68. The minimum absolute atomic E-state index is 0. The number of benzene rings is 3. The van der Waals surface area contributed by atoms with Crippen LogP contribution in [0, 0.1) is 0 Å². The van der Waals surface area contributed by atoms with E-state index in [2.05, 4.69) is 9.24 Å². The van der Waals surface area contributed by atoms with Crippen molar-refractivity contribution in [2.24, 2.45) is 0 Å². The van der Waals surface area contributed by atoms with Crippen LogP contribution < -0.4 is 33.6 Å². The molecule has 0 aromatic heterocycles. The third-order valence-corrected chi connectivity index (χ3v) is 3.32. The molecule has 3 rings (SSSR count). The van der Waals surface area contributed by atoms with Crippen LogP contribution in [0.3, 0.4) is 0 Å². The fourth-order valence-electron chi connectivity index (χ4n) is 1.89. The van der Waals surface area contributed by atoms with Gasteiger partial charge in [-0.05, 0) is 30.3 Å². The van der Waals surface area contributed by atoms with Gasteiger partial charge in [0, 0.05) is 6.07 Å². The van der Waals surface area contributed by atoms with Crippen molar-refractivity contribution in [2.75, 3.05) is 0 Å². The van der Waals surface area contributed by atoms with E-state index in [9.17, 15) is 0 Å². The van der Waals surface area contributed by atoms with Gasteiger partial charge in [0.2, 0.25) is 0 Å². The van der Waals surface area contributed by atoms with E-state index < -0.39 is 0 Å². The van der Waals surface area contributed by atoms with Gasteiger partial charge >= 0.3 is 18.9 Å². The van der Waals surface area contributed by atoms with Crippen molar-refractivity contribution in [3.05, 3.63) is 78.9 Å². The van der Waals surface area contributed by atoms with Crippen LogP contribution in [-0.4, -0.2) is 0 Å². The zero-order valence-electron chi connectivity index (χ0n) is 12.3. The molecule has 2 nitrogen and oxygen atoms in total. The molecule has 0 bridgehead atoms. The predicted molar refractivity (Wildman–Crippen MR) is 87.4 cm³/mol. The van der Waals surface area contributed by atoms with Gasteiger partial charge in [-0.1, -0.05) is 42.5 Å². The standard InChI is InChI=1S/C18H14O2P.Li/c21-18-12-11-16(19-14-7-3-1-4-8-14)13-17(18)20-15-9-5-2-6-10-15;/h1-13,21H;/q-1;+1. The molecule has 0 atom stereocenters. The summed E-state index contributed by atoms with van der Waals surface area (Å²) in [7, 11) is 3.55. The Kier molecular flexibility index (Phi) is 6.10. The van der Waals surface area contributed by atoms with E-state index in [0.717, 1.165) is 22.6 Å². The Balaban J connectivity index is 0.00000176. The van der Waals surface area contributed by atoms with E-state index in [-0.39, 0.29) is 18.9 Å². The second-order valence-electron chi connectivity index (χ2n) is 4.49. The third-order valence-electron chi connectivity index (χ3n) is 2.90. The number of ether oxygens (including phenoxy) is 2. The molecule has 0 spiro atoms. The van der Waals surface area contributed by atoms with Crippen LogP contribution >= 0.6 is 9.24 Å². The third kappa shape index (κ3) is 4.39. The van der Waals surface area contributed by atoms with Gasteiger partial charge in [0.15, 0.2) is 0 Å². The fourth-order valence-corrected chi connectivity index (χ4v) is 2.10. The Hall–Kier alpha value is -1.71. The molecule has 22 heavy (non-hydrogen) atoms. The maximum absolute atomic E-state index is 5.86. The first-order valence-corrected chi connectivity index (χ1v) is 7.13. The average molecular weight is 300 g/mol. The van der Waals surface area contributed by atoms with E-state index in [4.69, 9.17) is 9.47 Å².